The fraction of sp³-hybridized carbons (Fsp3) is 1.00. The van der Waals surface area contributed by atoms with Crippen LogP contribution in [-0.2, 0) is 0 Å². The largest absolute Gasteiger partial charge is 0.315 e. The second-order valence-corrected chi connectivity index (χ2v) is 5.50. The molecular weight excluding hydrogens is 172 g/mol. The third-order valence-corrected chi connectivity index (χ3v) is 3.18. The number of rotatable bonds is 5. The standard InChI is InChI=1S/C12H26N2/c1-11(2)10-13-7-9-14-8-5-6-12(14,3)4/h11,13H,5-10H2,1-4H3. The maximum Gasteiger partial charge on any atom is 0.0154 e. The van der Waals surface area contributed by atoms with E-state index < -0.39 is 0 Å². The first kappa shape index (κ1) is 12.0. The molecule has 0 radical (unpaired) electrons. The van der Waals surface area contributed by atoms with E-state index in [-0.39, 0.29) is 0 Å². The van der Waals surface area contributed by atoms with E-state index in [4.69, 9.17) is 0 Å². The first-order valence-corrected chi connectivity index (χ1v) is 5.98. The lowest BCUT2D eigenvalue weighted by Gasteiger charge is -2.31. The van der Waals surface area contributed by atoms with Crippen molar-refractivity contribution in [2.45, 2.75) is 46.1 Å². The van der Waals surface area contributed by atoms with Gasteiger partial charge >= 0.3 is 0 Å². The maximum absolute atomic E-state index is 3.51. The topological polar surface area (TPSA) is 15.3 Å². The van der Waals surface area contributed by atoms with Crippen LogP contribution in [0.15, 0.2) is 0 Å². The zero-order valence-corrected chi connectivity index (χ0v) is 10.3. The smallest absolute Gasteiger partial charge is 0.0154 e. The third-order valence-electron chi connectivity index (χ3n) is 3.18. The van der Waals surface area contributed by atoms with Crippen LogP contribution in [0.4, 0.5) is 0 Å². The minimum Gasteiger partial charge on any atom is -0.315 e. The van der Waals surface area contributed by atoms with E-state index in [1.807, 2.05) is 0 Å². The Kier molecular flexibility index (Phi) is 4.39. The molecule has 1 fully saturated rings. The lowest BCUT2D eigenvalue weighted by molar-refractivity contribution is 0.175. The van der Waals surface area contributed by atoms with Gasteiger partial charge in [0.25, 0.3) is 0 Å². The quantitative estimate of drug-likeness (QED) is 0.681. The van der Waals surface area contributed by atoms with E-state index in [9.17, 15) is 0 Å². The molecule has 1 heterocycles. The Morgan fingerprint density at radius 2 is 2.07 bits per heavy atom. The van der Waals surface area contributed by atoms with Crippen LogP contribution < -0.4 is 5.32 Å². The van der Waals surface area contributed by atoms with Gasteiger partial charge in [0.05, 0.1) is 0 Å². The summed E-state index contributed by atoms with van der Waals surface area (Å²) in [5.74, 6) is 0.765. The van der Waals surface area contributed by atoms with E-state index in [0.717, 1.165) is 19.0 Å². The van der Waals surface area contributed by atoms with Crippen molar-refractivity contribution in [3.8, 4) is 0 Å². The van der Waals surface area contributed by atoms with E-state index in [2.05, 4.69) is 37.9 Å². The Hall–Kier alpha value is -0.0800. The zero-order valence-electron chi connectivity index (χ0n) is 10.3. The molecule has 0 aliphatic carbocycles. The molecule has 0 aromatic carbocycles. The average Bonchev–Trinajstić information content (AvgIpc) is 2.39. The second kappa shape index (κ2) is 5.13. The molecule has 1 N–H and O–H groups in total. The van der Waals surface area contributed by atoms with Gasteiger partial charge in [-0.2, -0.15) is 0 Å². The van der Waals surface area contributed by atoms with Crippen LogP contribution in [0.25, 0.3) is 0 Å². The van der Waals surface area contributed by atoms with E-state index in [1.165, 1.54) is 25.9 Å². The highest BCUT2D eigenvalue weighted by atomic mass is 15.2. The molecule has 0 unspecified atom stereocenters. The van der Waals surface area contributed by atoms with Crippen molar-refractivity contribution in [1.82, 2.24) is 10.2 Å². The predicted octanol–water partition coefficient (Wildman–Crippen LogP) is 2.11. The molecule has 0 aromatic rings. The Balaban J connectivity index is 2.12. The second-order valence-electron chi connectivity index (χ2n) is 5.50. The summed E-state index contributed by atoms with van der Waals surface area (Å²) in [5.41, 5.74) is 0.444. The summed E-state index contributed by atoms with van der Waals surface area (Å²) >= 11 is 0. The van der Waals surface area contributed by atoms with E-state index >= 15 is 0 Å². The predicted molar refractivity (Wildman–Crippen MR) is 62.6 cm³/mol. The van der Waals surface area contributed by atoms with Crippen LogP contribution >= 0.6 is 0 Å². The van der Waals surface area contributed by atoms with Crippen molar-refractivity contribution in [3.05, 3.63) is 0 Å². The summed E-state index contributed by atoms with van der Waals surface area (Å²) in [6, 6.07) is 0. The molecule has 2 nitrogen and oxygen atoms in total. The SMILES string of the molecule is CC(C)CNCCN1CCCC1(C)C. The minimum atomic E-state index is 0.444. The molecule has 0 aromatic heterocycles. The van der Waals surface area contributed by atoms with Crippen LogP contribution in [0.5, 0.6) is 0 Å². The first-order valence-electron chi connectivity index (χ1n) is 5.98. The van der Waals surface area contributed by atoms with Gasteiger partial charge < -0.3 is 5.32 Å². The fourth-order valence-electron chi connectivity index (χ4n) is 2.18. The molecular formula is C12H26N2. The lowest BCUT2D eigenvalue weighted by Crippen LogP contribution is -2.42. The third kappa shape index (κ3) is 3.58. The molecule has 0 bridgehead atoms. The van der Waals surface area contributed by atoms with Crippen LogP contribution in [0.3, 0.4) is 0 Å². The average molecular weight is 198 g/mol. The zero-order chi connectivity index (χ0) is 10.6. The molecule has 0 atom stereocenters. The van der Waals surface area contributed by atoms with Crippen molar-refractivity contribution in [2.24, 2.45) is 5.92 Å². The highest BCUT2D eigenvalue weighted by Crippen LogP contribution is 2.27. The van der Waals surface area contributed by atoms with Gasteiger partial charge in [-0.1, -0.05) is 13.8 Å². The monoisotopic (exact) mass is 198 g/mol. The van der Waals surface area contributed by atoms with Gasteiger partial charge in [-0.05, 0) is 45.7 Å². The van der Waals surface area contributed by atoms with Gasteiger partial charge in [0, 0.05) is 18.6 Å². The van der Waals surface area contributed by atoms with E-state index in [1.54, 1.807) is 0 Å². The maximum atomic E-state index is 3.51. The molecule has 1 aliphatic rings. The van der Waals surface area contributed by atoms with Gasteiger partial charge in [-0.3, -0.25) is 4.90 Å². The Morgan fingerprint density at radius 1 is 1.36 bits per heavy atom. The summed E-state index contributed by atoms with van der Waals surface area (Å²) in [7, 11) is 0. The number of hydrogen-bond acceptors (Lipinski definition) is 2. The number of nitrogens with one attached hydrogen (secondary N) is 1. The molecule has 2 heteroatoms. The Bertz CT molecular complexity index is 164. The van der Waals surface area contributed by atoms with Gasteiger partial charge in [0.1, 0.15) is 0 Å². The number of nitrogens with zero attached hydrogens (tertiary/aromatic N) is 1. The summed E-state index contributed by atoms with van der Waals surface area (Å²) < 4.78 is 0. The molecule has 1 rings (SSSR count). The van der Waals surface area contributed by atoms with Crippen molar-refractivity contribution in [2.75, 3.05) is 26.2 Å². The fourth-order valence-corrected chi connectivity index (χ4v) is 2.18. The first-order chi connectivity index (χ1) is 6.52. The highest BCUT2D eigenvalue weighted by molar-refractivity contribution is 4.87. The number of hydrogen-bond donors (Lipinski definition) is 1. The molecule has 0 saturated carbocycles. The summed E-state index contributed by atoms with van der Waals surface area (Å²) in [4.78, 5) is 2.61. The molecule has 0 amide bonds. The number of likely N-dealkylation sites (tertiary alicyclic amines) is 1. The Morgan fingerprint density at radius 3 is 2.57 bits per heavy atom. The van der Waals surface area contributed by atoms with Crippen molar-refractivity contribution < 1.29 is 0 Å². The van der Waals surface area contributed by atoms with Crippen LogP contribution in [0, 0.1) is 5.92 Å². The Labute approximate surface area is 89.1 Å². The molecule has 0 spiro atoms. The van der Waals surface area contributed by atoms with Gasteiger partial charge in [0.15, 0.2) is 0 Å². The molecule has 1 saturated heterocycles. The van der Waals surface area contributed by atoms with E-state index in [0.29, 0.717) is 5.54 Å². The van der Waals surface area contributed by atoms with Gasteiger partial charge in [0.2, 0.25) is 0 Å². The molecule has 14 heavy (non-hydrogen) atoms. The van der Waals surface area contributed by atoms with Crippen LogP contribution in [-0.4, -0.2) is 36.6 Å². The van der Waals surface area contributed by atoms with Crippen molar-refractivity contribution in [1.29, 1.82) is 0 Å². The van der Waals surface area contributed by atoms with Crippen molar-refractivity contribution in [3.63, 3.8) is 0 Å². The van der Waals surface area contributed by atoms with Crippen molar-refractivity contribution >= 4 is 0 Å². The summed E-state index contributed by atoms with van der Waals surface area (Å²) in [6.07, 6.45) is 2.73. The lowest BCUT2D eigenvalue weighted by atomic mass is 10.0. The highest BCUT2D eigenvalue weighted by Gasteiger charge is 2.30. The summed E-state index contributed by atoms with van der Waals surface area (Å²) in [6.45, 7) is 14.0. The normalized spacial score (nSPS) is 22.1. The molecule has 1 aliphatic heterocycles. The van der Waals surface area contributed by atoms with Gasteiger partial charge in [-0.25, -0.2) is 0 Å². The minimum absolute atomic E-state index is 0.444. The molecule has 84 valence electrons. The van der Waals surface area contributed by atoms with Gasteiger partial charge in [-0.15, -0.1) is 0 Å². The van der Waals surface area contributed by atoms with Crippen LogP contribution in [0.1, 0.15) is 40.5 Å². The van der Waals surface area contributed by atoms with Crippen LogP contribution in [0.2, 0.25) is 0 Å². The summed E-state index contributed by atoms with van der Waals surface area (Å²) in [5, 5.41) is 3.51.